The van der Waals surface area contributed by atoms with E-state index < -0.39 is 17.6 Å². The van der Waals surface area contributed by atoms with Gasteiger partial charge in [-0.1, -0.05) is 12.1 Å². The molecule has 0 heterocycles. The SMILES string of the molecule is CC(=O)c1cccc(OCC(=O)Nc2ccc(C(F)(F)F)cc2)c1. The Bertz CT molecular complexity index is 739. The minimum Gasteiger partial charge on any atom is -0.484 e. The molecule has 0 radical (unpaired) electrons. The van der Waals surface area contributed by atoms with Crippen molar-refractivity contribution in [1.82, 2.24) is 0 Å². The fraction of sp³-hybridized carbons (Fsp3) is 0.176. The average molecular weight is 337 g/mol. The molecule has 0 bridgehead atoms. The number of carbonyl (C=O) groups excluding carboxylic acids is 2. The number of alkyl halides is 3. The maximum Gasteiger partial charge on any atom is 0.416 e. The van der Waals surface area contributed by atoms with Gasteiger partial charge in [-0.3, -0.25) is 9.59 Å². The third-order valence-corrected chi connectivity index (χ3v) is 3.11. The number of rotatable bonds is 5. The highest BCUT2D eigenvalue weighted by Gasteiger charge is 2.29. The molecule has 0 atom stereocenters. The van der Waals surface area contributed by atoms with E-state index in [4.69, 9.17) is 4.74 Å². The molecule has 7 heteroatoms. The van der Waals surface area contributed by atoms with E-state index in [1.54, 1.807) is 18.2 Å². The van der Waals surface area contributed by atoms with E-state index in [1.165, 1.54) is 13.0 Å². The summed E-state index contributed by atoms with van der Waals surface area (Å²) in [6, 6.07) is 10.4. The molecule has 0 aromatic heterocycles. The highest BCUT2D eigenvalue weighted by Crippen LogP contribution is 2.29. The monoisotopic (exact) mass is 337 g/mol. The third-order valence-electron chi connectivity index (χ3n) is 3.11. The Morgan fingerprint density at radius 2 is 1.75 bits per heavy atom. The quantitative estimate of drug-likeness (QED) is 0.841. The first-order chi connectivity index (χ1) is 11.3. The molecule has 126 valence electrons. The molecular weight excluding hydrogens is 323 g/mol. The lowest BCUT2D eigenvalue weighted by molar-refractivity contribution is -0.137. The first kappa shape index (κ1) is 17.5. The lowest BCUT2D eigenvalue weighted by Gasteiger charge is -2.10. The van der Waals surface area contributed by atoms with Gasteiger partial charge in [-0.2, -0.15) is 13.2 Å². The number of anilines is 1. The van der Waals surface area contributed by atoms with E-state index in [0.717, 1.165) is 24.3 Å². The van der Waals surface area contributed by atoms with Crippen LogP contribution in [-0.4, -0.2) is 18.3 Å². The molecule has 2 aromatic carbocycles. The van der Waals surface area contributed by atoms with E-state index >= 15 is 0 Å². The van der Waals surface area contributed by atoms with Crippen LogP contribution in [0.15, 0.2) is 48.5 Å². The van der Waals surface area contributed by atoms with Gasteiger partial charge < -0.3 is 10.1 Å². The van der Waals surface area contributed by atoms with Crippen LogP contribution in [0, 0.1) is 0 Å². The first-order valence-corrected chi connectivity index (χ1v) is 6.96. The second-order valence-corrected chi connectivity index (χ2v) is 5.00. The van der Waals surface area contributed by atoms with E-state index in [2.05, 4.69) is 5.32 Å². The molecule has 4 nitrogen and oxygen atoms in total. The van der Waals surface area contributed by atoms with Gasteiger partial charge >= 0.3 is 6.18 Å². The summed E-state index contributed by atoms with van der Waals surface area (Å²) in [6.45, 7) is 1.08. The number of nitrogens with one attached hydrogen (secondary N) is 1. The standard InChI is InChI=1S/C17H14F3NO3/c1-11(22)12-3-2-4-15(9-12)24-10-16(23)21-14-7-5-13(6-8-14)17(18,19)20/h2-9H,10H2,1H3,(H,21,23). The minimum absolute atomic E-state index is 0.130. The number of halogens is 3. The number of ketones is 1. The van der Waals surface area contributed by atoms with Crippen LogP contribution in [0.4, 0.5) is 18.9 Å². The Hall–Kier alpha value is -2.83. The minimum atomic E-state index is -4.42. The molecule has 0 saturated carbocycles. The Kier molecular flexibility index (Phi) is 5.23. The Morgan fingerprint density at radius 1 is 1.08 bits per heavy atom. The van der Waals surface area contributed by atoms with Crippen LogP contribution in [0.2, 0.25) is 0 Å². The normalized spacial score (nSPS) is 11.0. The van der Waals surface area contributed by atoms with Gasteiger partial charge in [-0.15, -0.1) is 0 Å². The molecule has 0 aliphatic heterocycles. The number of amides is 1. The largest absolute Gasteiger partial charge is 0.484 e. The fourth-order valence-corrected chi connectivity index (χ4v) is 1.89. The van der Waals surface area contributed by atoms with Crippen LogP contribution in [0.3, 0.4) is 0 Å². The molecule has 24 heavy (non-hydrogen) atoms. The zero-order valence-electron chi connectivity index (χ0n) is 12.7. The van der Waals surface area contributed by atoms with Gasteiger partial charge in [0.1, 0.15) is 5.75 Å². The maximum absolute atomic E-state index is 12.4. The summed E-state index contributed by atoms with van der Waals surface area (Å²) in [4.78, 5) is 23.0. The highest BCUT2D eigenvalue weighted by atomic mass is 19.4. The summed E-state index contributed by atoms with van der Waals surface area (Å²) in [7, 11) is 0. The van der Waals surface area contributed by atoms with Gasteiger partial charge in [0.15, 0.2) is 12.4 Å². The predicted molar refractivity (Wildman–Crippen MR) is 82.0 cm³/mol. The van der Waals surface area contributed by atoms with Crippen LogP contribution >= 0.6 is 0 Å². The summed E-state index contributed by atoms with van der Waals surface area (Å²) in [5.74, 6) is -0.303. The zero-order chi connectivity index (χ0) is 17.7. The zero-order valence-corrected chi connectivity index (χ0v) is 12.7. The second kappa shape index (κ2) is 7.16. The van der Waals surface area contributed by atoms with Crippen molar-refractivity contribution in [2.45, 2.75) is 13.1 Å². The highest BCUT2D eigenvalue weighted by molar-refractivity contribution is 5.94. The fourth-order valence-electron chi connectivity index (χ4n) is 1.89. The summed E-state index contributed by atoms with van der Waals surface area (Å²) >= 11 is 0. The van der Waals surface area contributed by atoms with E-state index in [0.29, 0.717) is 11.3 Å². The second-order valence-electron chi connectivity index (χ2n) is 5.00. The van der Waals surface area contributed by atoms with Gasteiger partial charge in [0, 0.05) is 11.3 Å². The van der Waals surface area contributed by atoms with Crippen molar-refractivity contribution in [1.29, 1.82) is 0 Å². The van der Waals surface area contributed by atoms with E-state index in [9.17, 15) is 22.8 Å². The molecule has 1 N–H and O–H groups in total. The van der Waals surface area contributed by atoms with Crippen LogP contribution in [-0.2, 0) is 11.0 Å². The van der Waals surface area contributed by atoms with Gasteiger partial charge in [-0.25, -0.2) is 0 Å². The number of benzene rings is 2. The topological polar surface area (TPSA) is 55.4 Å². The van der Waals surface area contributed by atoms with Crippen molar-refractivity contribution in [2.24, 2.45) is 0 Å². The summed E-state index contributed by atoms with van der Waals surface area (Å²) in [6.07, 6.45) is -4.42. The molecule has 2 aromatic rings. The lowest BCUT2D eigenvalue weighted by Crippen LogP contribution is -2.20. The van der Waals surface area contributed by atoms with Crippen LogP contribution < -0.4 is 10.1 Å². The molecule has 2 rings (SSSR count). The first-order valence-electron chi connectivity index (χ1n) is 6.96. The number of hydrogen-bond acceptors (Lipinski definition) is 3. The Morgan fingerprint density at radius 3 is 2.33 bits per heavy atom. The molecular formula is C17H14F3NO3. The summed E-state index contributed by atoms with van der Waals surface area (Å²) in [5.41, 5.74) is -0.109. The van der Waals surface area contributed by atoms with Gasteiger partial charge in [-0.05, 0) is 43.3 Å². The average Bonchev–Trinajstić information content (AvgIpc) is 2.53. The summed E-state index contributed by atoms with van der Waals surface area (Å²) < 4.78 is 42.6. The lowest BCUT2D eigenvalue weighted by atomic mass is 10.1. The Labute approximate surface area is 136 Å². The maximum atomic E-state index is 12.4. The van der Waals surface area contributed by atoms with Crippen molar-refractivity contribution >= 4 is 17.4 Å². The smallest absolute Gasteiger partial charge is 0.416 e. The van der Waals surface area contributed by atoms with Crippen LogP contribution in [0.25, 0.3) is 0 Å². The van der Waals surface area contributed by atoms with Crippen LogP contribution in [0.5, 0.6) is 5.75 Å². The number of Topliss-reactive ketones (excluding diaryl/α,β-unsaturated/α-hetero) is 1. The molecule has 0 aliphatic rings. The van der Waals surface area contributed by atoms with Crippen molar-refractivity contribution in [2.75, 3.05) is 11.9 Å². The predicted octanol–water partition coefficient (Wildman–Crippen LogP) is 3.93. The molecule has 0 aliphatic carbocycles. The van der Waals surface area contributed by atoms with Crippen molar-refractivity contribution < 1.29 is 27.5 Å². The third kappa shape index (κ3) is 4.84. The van der Waals surface area contributed by atoms with Crippen molar-refractivity contribution in [3.8, 4) is 5.75 Å². The van der Waals surface area contributed by atoms with Crippen molar-refractivity contribution in [3.05, 3.63) is 59.7 Å². The Balaban J connectivity index is 1.92. The van der Waals surface area contributed by atoms with Gasteiger partial charge in [0.2, 0.25) is 0 Å². The molecule has 0 spiro atoms. The van der Waals surface area contributed by atoms with E-state index in [-0.39, 0.29) is 18.1 Å². The summed E-state index contributed by atoms with van der Waals surface area (Å²) in [5, 5.41) is 2.43. The van der Waals surface area contributed by atoms with Gasteiger partial charge in [0.05, 0.1) is 5.56 Å². The molecule has 0 fully saturated rings. The number of carbonyl (C=O) groups is 2. The molecule has 0 saturated heterocycles. The number of hydrogen-bond donors (Lipinski definition) is 1. The number of ether oxygens (including phenoxy) is 1. The van der Waals surface area contributed by atoms with Gasteiger partial charge in [0.25, 0.3) is 5.91 Å². The van der Waals surface area contributed by atoms with Crippen LogP contribution in [0.1, 0.15) is 22.8 Å². The molecule has 0 unspecified atom stereocenters. The van der Waals surface area contributed by atoms with E-state index in [1.807, 2.05) is 0 Å². The molecule has 1 amide bonds. The van der Waals surface area contributed by atoms with Crippen molar-refractivity contribution in [3.63, 3.8) is 0 Å².